The van der Waals surface area contributed by atoms with E-state index in [0.717, 1.165) is 18.7 Å². The third-order valence-corrected chi connectivity index (χ3v) is 3.69. The van der Waals surface area contributed by atoms with E-state index in [-0.39, 0.29) is 0 Å². The van der Waals surface area contributed by atoms with Gasteiger partial charge in [-0.05, 0) is 42.7 Å². The van der Waals surface area contributed by atoms with Gasteiger partial charge in [-0.25, -0.2) is 0 Å². The van der Waals surface area contributed by atoms with Gasteiger partial charge in [0.25, 0.3) is 0 Å². The molecule has 0 bridgehead atoms. The Morgan fingerprint density at radius 3 is 2.62 bits per heavy atom. The van der Waals surface area contributed by atoms with E-state index in [4.69, 9.17) is 9.47 Å². The molecule has 1 aromatic heterocycles. The van der Waals surface area contributed by atoms with Gasteiger partial charge in [-0.3, -0.25) is 9.98 Å². The zero-order valence-corrected chi connectivity index (χ0v) is 14.6. The van der Waals surface area contributed by atoms with Crippen molar-refractivity contribution >= 4 is 11.6 Å². The van der Waals surface area contributed by atoms with E-state index in [0.29, 0.717) is 17.5 Å². The maximum absolute atomic E-state index is 5.31. The number of methoxy groups -OCH3 is 2. The molecule has 2 N–H and O–H groups in total. The van der Waals surface area contributed by atoms with Gasteiger partial charge in [0, 0.05) is 37.7 Å². The number of aromatic nitrogens is 1. The van der Waals surface area contributed by atoms with Crippen LogP contribution in [-0.4, -0.2) is 38.8 Å². The van der Waals surface area contributed by atoms with Gasteiger partial charge in [0.15, 0.2) is 17.5 Å². The van der Waals surface area contributed by atoms with Crippen LogP contribution >= 0.6 is 0 Å². The van der Waals surface area contributed by atoms with Crippen LogP contribution in [0, 0.1) is 6.92 Å². The molecule has 0 aliphatic heterocycles. The van der Waals surface area contributed by atoms with E-state index < -0.39 is 0 Å². The number of ether oxygens (including phenoxy) is 2. The van der Waals surface area contributed by atoms with E-state index in [2.05, 4.69) is 27.5 Å². The molecule has 1 heterocycles. The number of pyridine rings is 1. The first kappa shape index (κ1) is 17.6. The Bertz CT molecular complexity index is 701. The van der Waals surface area contributed by atoms with Crippen molar-refractivity contribution in [2.45, 2.75) is 13.3 Å². The smallest absolute Gasteiger partial charge is 0.195 e. The summed E-state index contributed by atoms with van der Waals surface area (Å²) in [4.78, 5) is 8.36. The SMILES string of the molecule is CN=C(NCCc1ccncc1C)Nc1ccc(OC)c(OC)c1. The summed E-state index contributed by atoms with van der Waals surface area (Å²) in [7, 11) is 4.98. The summed E-state index contributed by atoms with van der Waals surface area (Å²) in [6.45, 7) is 2.84. The molecular formula is C18H24N4O2. The van der Waals surface area contributed by atoms with Gasteiger partial charge in [0.05, 0.1) is 14.2 Å². The molecule has 0 saturated heterocycles. The first-order valence-corrected chi connectivity index (χ1v) is 7.77. The van der Waals surface area contributed by atoms with Gasteiger partial charge in [-0.1, -0.05) is 0 Å². The van der Waals surface area contributed by atoms with Crippen LogP contribution in [-0.2, 0) is 6.42 Å². The quantitative estimate of drug-likeness (QED) is 0.630. The molecular weight excluding hydrogens is 304 g/mol. The van der Waals surface area contributed by atoms with Crippen LogP contribution in [0.5, 0.6) is 11.5 Å². The molecule has 0 aliphatic rings. The molecule has 6 nitrogen and oxygen atoms in total. The van der Waals surface area contributed by atoms with Gasteiger partial charge in [-0.15, -0.1) is 0 Å². The number of guanidine groups is 1. The molecule has 0 atom stereocenters. The lowest BCUT2D eigenvalue weighted by Gasteiger charge is -2.14. The van der Waals surface area contributed by atoms with Crippen molar-refractivity contribution in [1.29, 1.82) is 0 Å². The molecule has 0 spiro atoms. The first-order valence-electron chi connectivity index (χ1n) is 7.77. The van der Waals surface area contributed by atoms with E-state index in [1.807, 2.05) is 36.7 Å². The molecule has 1 aromatic carbocycles. The third-order valence-electron chi connectivity index (χ3n) is 3.69. The van der Waals surface area contributed by atoms with Crippen LogP contribution in [0.3, 0.4) is 0 Å². The van der Waals surface area contributed by atoms with Crippen molar-refractivity contribution in [2.75, 3.05) is 33.1 Å². The Hall–Kier alpha value is -2.76. The van der Waals surface area contributed by atoms with Crippen molar-refractivity contribution in [3.63, 3.8) is 0 Å². The highest BCUT2D eigenvalue weighted by Gasteiger charge is 2.06. The number of aliphatic imine (C=N–C) groups is 1. The zero-order chi connectivity index (χ0) is 17.4. The van der Waals surface area contributed by atoms with Crippen molar-refractivity contribution in [2.24, 2.45) is 4.99 Å². The zero-order valence-electron chi connectivity index (χ0n) is 14.6. The molecule has 0 fully saturated rings. The first-order chi connectivity index (χ1) is 11.7. The molecule has 6 heteroatoms. The number of anilines is 1. The number of benzene rings is 1. The highest BCUT2D eigenvalue weighted by atomic mass is 16.5. The van der Waals surface area contributed by atoms with Gasteiger partial charge >= 0.3 is 0 Å². The van der Waals surface area contributed by atoms with Crippen molar-refractivity contribution in [3.05, 3.63) is 47.8 Å². The van der Waals surface area contributed by atoms with E-state index in [9.17, 15) is 0 Å². The Morgan fingerprint density at radius 2 is 1.96 bits per heavy atom. The second-order valence-electron chi connectivity index (χ2n) is 5.25. The van der Waals surface area contributed by atoms with E-state index in [1.165, 1.54) is 11.1 Å². The van der Waals surface area contributed by atoms with Gasteiger partial charge in [0.2, 0.25) is 0 Å². The molecule has 2 rings (SSSR count). The number of aryl methyl sites for hydroxylation is 1. The molecule has 0 unspecified atom stereocenters. The predicted molar refractivity (Wildman–Crippen MR) is 97.2 cm³/mol. The van der Waals surface area contributed by atoms with Crippen molar-refractivity contribution in [3.8, 4) is 11.5 Å². The maximum atomic E-state index is 5.31. The molecule has 128 valence electrons. The van der Waals surface area contributed by atoms with E-state index >= 15 is 0 Å². The summed E-state index contributed by atoms with van der Waals surface area (Å²) in [5.74, 6) is 2.07. The Morgan fingerprint density at radius 1 is 1.17 bits per heavy atom. The van der Waals surface area contributed by atoms with Crippen LogP contribution in [0.2, 0.25) is 0 Å². The molecule has 0 saturated carbocycles. The monoisotopic (exact) mass is 328 g/mol. The molecule has 0 radical (unpaired) electrons. The molecule has 2 aromatic rings. The molecule has 0 amide bonds. The average Bonchev–Trinajstić information content (AvgIpc) is 2.62. The summed E-state index contributed by atoms with van der Waals surface area (Å²) in [6.07, 6.45) is 4.60. The predicted octanol–water partition coefficient (Wildman–Crippen LogP) is 2.64. The maximum Gasteiger partial charge on any atom is 0.195 e. The van der Waals surface area contributed by atoms with E-state index in [1.54, 1.807) is 21.3 Å². The second kappa shape index (κ2) is 8.76. The molecule has 0 aliphatic carbocycles. The summed E-state index contributed by atoms with van der Waals surface area (Å²) in [5, 5.41) is 6.55. The summed E-state index contributed by atoms with van der Waals surface area (Å²) in [5.41, 5.74) is 3.35. The fourth-order valence-corrected chi connectivity index (χ4v) is 2.33. The summed E-state index contributed by atoms with van der Waals surface area (Å²) < 4.78 is 10.6. The normalized spacial score (nSPS) is 11.1. The summed E-state index contributed by atoms with van der Waals surface area (Å²) in [6, 6.07) is 7.69. The van der Waals surface area contributed by atoms with Crippen LogP contribution in [0.25, 0.3) is 0 Å². The number of hydrogen-bond acceptors (Lipinski definition) is 4. The average molecular weight is 328 g/mol. The minimum atomic E-state index is 0.672. The number of hydrogen-bond donors (Lipinski definition) is 2. The third kappa shape index (κ3) is 4.62. The lowest BCUT2D eigenvalue weighted by molar-refractivity contribution is 0.355. The fraction of sp³-hybridized carbons (Fsp3) is 0.333. The highest BCUT2D eigenvalue weighted by Crippen LogP contribution is 2.29. The number of nitrogens with zero attached hydrogens (tertiary/aromatic N) is 2. The van der Waals surface area contributed by atoms with Crippen molar-refractivity contribution < 1.29 is 9.47 Å². The lowest BCUT2D eigenvalue weighted by atomic mass is 10.1. The van der Waals surface area contributed by atoms with Crippen LogP contribution < -0.4 is 20.1 Å². The largest absolute Gasteiger partial charge is 0.493 e. The van der Waals surface area contributed by atoms with Crippen LogP contribution in [0.1, 0.15) is 11.1 Å². The Balaban J connectivity index is 1.94. The standard InChI is InChI=1S/C18H24N4O2/c1-13-12-20-9-7-14(13)8-10-21-18(19-2)22-15-5-6-16(23-3)17(11-15)24-4/h5-7,9,11-12H,8,10H2,1-4H3,(H2,19,21,22). The van der Waals surface area contributed by atoms with Crippen molar-refractivity contribution in [1.82, 2.24) is 10.3 Å². The second-order valence-corrected chi connectivity index (χ2v) is 5.25. The minimum Gasteiger partial charge on any atom is -0.493 e. The molecule has 24 heavy (non-hydrogen) atoms. The number of nitrogens with one attached hydrogen (secondary N) is 2. The van der Waals surface area contributed by atoms with Gasteiger partial charge in [0.1, 0.15) is 0 Å². The van der Waals surface area contributed by atoms with Crippen LogP contribution in [0.15, 0.2) is 41.7 Å². The Kier molecular flexibility index (Phi) is 6.42. The topological polar surface area (TPSA) is 67.8 Å². The summed E-state index contributed by atoms with van der Waals surface area (Å²) >= 11 is 0. The Labute approximate surface area is 142 Å². The van der Waals surface area contributed by atoms with Gasteiger partial charge < -0.3 is 20.1 Å². The minimum absolute atomic E-state index is 0.672. The van der Waals surface area contributed by atoms with Gasteiger partial charge in [-0.2, -0.15) is 0 Å². The lowest BCUT2D eigenvalue weighted by Crippen LogP contribution is -2.32. The number of rotatable bonds is 6. The van der Waals surface area contributed by atoms with Crippen LogP contribution in [0.4, 0.5) is 5.69 Å². The highest BCUT2D eigenvalue weighted by molar-refractivity contribution is 5.93. The fourth-order valence-electron chi connectivity index (χ4n) is 2.33.